The minimum absolute atomic E-state index is 0.0489. The second kappa shape index (κ2) is 7.90. The minimum Gasteiger partial charge on any atom is -0.350 e. The van der Waals surface area contributed by atoms with E-state index >= 15 is 0 Å². The quantitative estimate of drug-likeness (QED) is 0.860. The van der Waals surface area contributed by atoms with Gasteiger partial charge >= 0.3 is 0 Å². The number of hydrogen-bond donors (Lipinski definition) is 1. The van der Waals surface area contributed by atoms with E-state index in [1.807, 2.05) is 24.4 Å². The Labute approximate surface area is 142 Å². The molecule has 0 bridgehead atoms. The number of amides is 1. The van der Waals surface area contributed by atoms with E-state index < -0.39 is 0 Å². The molecule has 1 fully saturated rings. The first-order valence-corrected chi connectivity index (χ1v) is 8.61. The van der Waals surface area contributed by atoms with Crippen LogP contribution in [-0.4, -0.2) is 26.9 Å². The molecular formula is C19H24N4O. The molecule has 1 aliphatic rings. The fourth-order valence-corrected chi connectivity index (χ4v) is 3.05. The summed E-state index contributed by atoms with van der Waals surface area (Å²) in [6, 6.07) is 10.4. The molecule has 126 valence electrons. The van der Waals surface area contributed by atoms with Crippen LogP contribution in [0.4, 0.5) is 0 Å². The van der Waals surface area contributed by atoms with Crippen molar-refractivity contribution in [2.45, 2.75) is 45.2 Å². The molecular weight excluding hydrogens is 300 g/mol. The lowest BCUT2D eigenvalue weighted by molar-refractivity contribution is -0.117. The number of nitrogens with zero attached hydrogens (tertiary/aromatic N) is 3. The lowest BCUT2D eigenvalue weighted by Crippen LogP contribution is -2.36. The van der Waals surface area contributed by atoms with Gasteiger partial charge in [-0.2, -0.15) is 0 Å². The molecule has 0 spiro atoms. The van der Waals surface area contributed by atoms with E-state index in [4.69, 9.17) is 0 Å². The monoisotopic (exact) mass is 324 g/mol. The molecule has 5 heteroatoms. The van der Waals surface area contributed by atoms with Crippen molar-refractivity contribution in [1.29, 1.82) is 0 Å². The van der Waals surface area contributed by atoms with Gasteiger partial charge in [0, 0.05) is 12.1 Å². The van der Waals surface area contributed by atoms with E-state index in [9.17, 15) is 4.79 Å². The maximum atomic E-state index is 12.0. The van der Waals surface area contributed by atoms with Crippen LogP contribution >= 0.6 is 0 Å². The van der Waals surface area contributed by atoms with Crippen LogP contribution < -0.4 is 5.32 Å². The van der Waals surface area contributed by atoms with Gasteiger partial charge in [-0.3, -0.25) is 4.79 Å². The molecule has 1 N–H and O–H groups in total. The predicted molar refractivity (Wildman–Crippen MR) is 94.2 cm³/mol. The lowest BCUT2D eigenvalue weighted by atomic mass is 9.87. The third-order valence-corrected chi connectivity index (χ3v) is 4.51. The van der Waals surface area contributed by atoms with Gasteiger partial charge in [0.25, 0.3) is 0 Å². The summed E-state index contributed by atoms with van der Waals surface area (Å²) in [7, 11) is 0. The summed E-state index contributed by atoms with van der Waals surface area (Å²) < 4.78 is 1.77. The van der Waals surface area contributed by atoms with E-state index in [2.05, 4.69) is 34.7 Å². The Hall–Kier alpha value is -2.43. The summed E-state index contributed by atoms with van der Waals surface area (Å²) >= 11 is 0. The van der Waals surface area contributed by atoms with Crippen molar-refractivity contribution >= 4 is 12.0 Å². The SMILES string of the molecule is CC1CCC(NC(=O)C=Cc2cn(Cc3ccccc3)nn2)CC1. The number of carbonyl (C=O) groups is 1. The van der Waals surface area contributed by atoms with E-state index in [0.29, 0.717) is 18.3 Å². The van der Waals surface area contributed by atoms with Crippen LogP contribution in [0.1, 0.15) is 43.9 Å². The molecule has 1 aliphatic carbocycles. The van der Waals surface area contributed by atoms with Gasteiger partial charge in [-0.25, -0.2) is 4.68 Å². The van der Waals surface area contributed by atoms with Crippen LogP contribution in [0.2, 0.25) is 0 Å². The van der Waals surface area contributed by atoms with Crippen LogP contribution in [0.3, 0.4) is 0 Å². The van der Waals surface area contributed by atoms with Gasteiger partial charge < -0.3 is 5.32 Å². The zero-order chi connectivity index (χ0) is 16.8. The molecule has 0 aliphatic heterocycles. The van der Waals surface area contributed by atoms with Crippen molar-refractivity contribution in [2.75, 3.05) is 0 Å². The number of aromatic nitrogens is 3. The zero-order valence-electron chi connectivity index (χ0n) is 14.1. The van der Waals surface area contributed by atoms with Gasteiger partial charge in [0.2, 0.25) is 5.91 Å². The standard InChI is InChI=1S/C19H24N4O/c1-15-7-9-17(10-8-15)20-19(24)12-11-18-14-23(22-21-18)13-16-5-3-2-4-6-16/h2-6,11-12,14-15,17H,7-10,13H2,1H3,(H,20,24). The Balaban J connectivity index is 1.50. The van der Waals surface area contributed by atoms with Crippen molar-refractivity contribution in [1.82, 2.24) is 20.3 Å². The average Bonchev–Trinajstić information content (AvgIpc) is 3.03. The van der Waals surface area contributed by atoms with E-state index in [1.165, 1.54) is 18.4 Å². The maximum absolute atomic E-state index is 12.0. The lowest BCUT2D eigenvalue weighted by Gasteiger charge is -2.26. The van der Waals surface area contributed by atoms with Crippen LogP contribution in [0.25, 0.3) is 6.08 Å². The highest BCUT2D eigenvalue weighted by atomic mass is 16.1. The Morgan fingerprint density at radius 1 is 1.25 bits per heavy atom. The molecule has 0 radical (unpaired) electrons. The molecule has 0 atom stereocenters. The van der Waals surface area contributed by atoms with Gasteiger partial charge in [0.05, 0.1) is 12.7 Å². The van der Waals surface area contributed by atoms with Crippen molar-refractivity contribution in [3.63, 3.8) is 0 Å². The van der Waals surface area contributed by atoms with Gasteiger partial charge in [-0.15, -0.1) is 5.10 Å². The molecule has 1 heterocycles. The van der Waals surface area contributed by atoms with Crippen LogP contribution in [0, 0.1) is 5.92 Å². The minimum atomic E-state index is -0.0489. The first-order valence-electron chi connectivity index (χ1n) is 8.61. The fraction of sp³-hybridized carbons (Fsp3) is 0.421. The third kappa shape index (κ3) is 4.78. The van der Waals surface area contributed by atoms with Crippen molar-refractivity contribution in [3.8, 4) is 0 Å². The summed E-state index contributed by atoms with van der Waals surface area (Å²) in [5.74, 6) is 0.737. The molecule has 1 aromatic carbocycles. The molecule has 5 nitrogen and oxygen atoms in total. The van der Waals surface area contributed by atoms with Crippen molar-refractivity contribution in [2.24, 2.45) is 5.92 Å². The first-order chi connectivity index (χ1) is 11.7. The molecule has 1 saturated carbocycles. The molecule has 24 heavy (non-hydrogen) atoms. The largest absolute Gasteiger partial charge is 0.350 e. The van der Waals surface area contributed by atoms with Crippen LogP contribution in [-0.2, 0) is 11.3 Å². The summed E-state index contributed by atoms with van der Waals surface area (Å²) in [6.07, 6.45) is 9.66. The number of rotatable bonds is 5. The smallest absolute Gasteiger partial charge is 0.244 e. The molecule has 1 aromatic heterocycles. The Morgan fingerprint density at radius 2 is 2.00 bits per heavy atom. The highest BCUT2D eigenvalue weighted by Crippen LogP contribution is 2.23. The second-order valence-electron chi connectivity index (χ2n) is 6.63. The maximum Gasteiger partial charge on any atom is 0.244 e. The number of carbonyl (C=O) groups excluding carboxylic acids is 1. The normalized spacial score (nSPS) is 21.0. The average molecular weight is 324 g/mol. The fourth-order valence-electron chi connectivity index (χ4n) is 3.05. The highest BCUT2D eigenvalue weighted by Gasteiger charge is 2.18. The summed E-state index contributed by atoms with van der Waals surface area (Å²) in [5.41, 5.74) is 1.86. The van der Waals surface area contributed by atoms with Gasteiger partial charge in [0.1, 0.15) is 5.69 Å². The topological polar surface area (TPSA) is 59.8 Å². The van der Waals surface area contributed by atoms with Gasteiger partial charge in [-0.05, 0) is 43.2 Å². The van der Waals surface area contributed by atoms with Crippen LogP contribution in [0.15, 0.2) is 42.6 Å². The number of nitrogens with one attached hydrogen (secondary N) is 1. The zero-order valence-corrected chi connectivity index (χ0v) is 14.1. The molecule has 0 unspecified atom stereocenters. The summed E-state index contributed by atoms with van der Waals surface area (Å²) in [6.45, 7) is 2.95. The Bertz CT molecular complexity index is 684. The van der Waals surface area contributed by atoms with Gasteiger partial charge in [0.15, 0.2) is 0 Å². The highest BCUT2D eigenvalue weighted by molar-refractivity contribution is 5.91. The summed E-state index contributed by atoms with van der Waals surface area (Å²) in [5, 5.41) is 11.3. The van der Waals surface area contributed by atoms with E-state index in [-0.39, 0.29) is 5.91 Å². The number of hydrogen-bond acceptors (Lipinski definition) is 3. The van der Waals surface area contributed by atoms with E-state index in [1.54, 1.807) is 16.8 Å². The van der Waals surface area contributed by atoms with Crippen molar-refractivity contribution in [3.05, 3.63) is 53.9 Å². The molecule has 1 amide bonds. The Kier molecular flexibility index (Phi) is 5.41. The predicted octanol–water partition coefficient (Wildman–Crippen LogP) is 3.03. The third-order valence-electron chi connectivity index (χ3n) is 4.51. The Morgan fingerprint density at radius 3 is 2.75 bits per heavy atom. The molecule has 3 rings (SSSR count). The second-order valence-corrected chi connectivity index (χ2v) is 6.63. The number of benzene rings is 1. The molecule has 2 aromatic rings. The first kappa shape index (κ1) is 16.4. The van der Waals surface area contributed by atoms with Crippen LogP contribution in [0.5, 0.6) is 0 Å². The molecule has 0 saturated heterocycles. The van der Waals surface area contributed by atoms with E-state index in [0.717, 1.165) is 18.8 Å². The summed E-state index contributed by atoms with van der Waals surface area (Å²) in [4.78, 5) is 12.0. The van der Waals surface area contributed by atoms with Gasteiger partial charge in [-0.1, -0.05) is 42.5 Å². The van der Waals surface area contributed by atoms with Crippen molar-refractivity contribution < 1.29 is 4.79 Å².